The summed E-state index contributed by atoms with van der Waals surface area (Å²) >= 11 is 0. The molecule has 3 aromatic rings. The van der Waals surface area contributed by atoms with E-state index in [1.54, 1.807) is 0 Å². The van der Waals surface area contributed by atoms with Crippen molar-refractivity contribution >= 4 is 11.8 Å². The SMILES string of the molecule is Cc1cc(-c2ccnc(F)c2)cc2c1OCCN(c1nc(N)nc(C)c1C(C)C)C2. The number of benzene rings is 1. The fourth-order valence-corrected chi connectivity index (χ4v) is 4.15. The number of nitrogen functional groups attached to an aromatic ring is 1. The Morgan fingerprint density at radius 1 is 1.13 bits per heavy atom. The van der Waals surface area contributed by atoms with Crippen molar-refractivity contribution in [3.63, 3.8) is 0 Å². The van der Waals surface area contributed by atoms with Crippen molar-refractivity contribution in [1.82, 2.24) is 15.0 Å². The minimum absolute atomic E-state index is 0.261. The lowest BCUT2D eigenvalue weighted by molar-refractivity contribution is 0.329. The van der Waals surface area contributed by atoms with Crippen LogP contribution in [0.3, 0.4) is 0 Å². The molecule has 1 aliphatic rings. The molecule has 0 spiro atoms. The molecule has 2 N–H and O–H groups in total. The molecule has 0 saturated carbocycles. The summed E-state index contributed by atoms with van der Waals surface area (Å²) in [5.41, 5.74) is 11.7. The molecular formula is C23H26FN5O. The average molecular weight is 407 g/mol. The Bertz CT molecular complexity index is 1100. The highest BCUT2D eigenvalue weighted by Crippen LogP contribution is 2.36. The highest BCUT2D eigenvalue weighted by atomic mass is 19.1. The number of aromatic nitrogens is 3. The van der Waals surface area contributed by atoms with Crippen molar-refractivity contribution in [2.75, 3.05) is 23.8 Å². The number of nitrogens with zero attached hydrogens (tertiary/aromatic N) is 4. The first kappa shape index (κ1) is 20.1. The van der Waals surface area contributed by atoms with Gasteiger partial charge in [-0.1, -0.05) is 13.8 Å². The molecule has 0 bridgehead atoms. The zero-order chi connectivity index (χ0) is 21.4. The molecule has 1 aromatic carbocycles. The monoisotopic (exact) mass is 407 g/mol. The van der Waals surface area contributed by atoms with Crippen LogP contribution in [0, 0.1) is 19.8 Å². The number of anilines is 2. The molecule has 156 valence electrons. The summed E-state index contributed by atoms with van der Waals surface area (Å²) in [7, 11) is 0. The Balaban J connectivity index is 1.79. The molecule has 3 heterocycles. The molecule has 30 heavy (non-hydrogen) atoms. The summed E-state index contributed by atoms with van der Waals surface area (Å²) < 4.78 is 19.8. The Labute approximate surface area is 175 Å². The minimum atomic E-state index is -0.494. The molecule has 0 radical (unpaired) electrons. The van der Waals surface area contributed by atoms with Crippen molar-refractivity contribution in [1.29, 1.82) is 0 Å². The van der Waals surface area contributed by atoms with E-state index in [1.807, 2.05) is 26.0 Å². The van der Waals surface area contributed by atoms with Crippen LogP contribution in [-0.4, -0.2) is 28.1 Å². The number of hydrogen-bond acceptors (Lipinski definition) is 6. The van der Waals surface area contributed by atoms with Crippen molar-refractivity contribution in [3.8, 4) is 16.9 Å². The zero-order valence-corrected chi connectivity index (χ0v) is 17.7. The fourth-order valence-electron chi connectivity index (χ4n) is 4.15. The van der Waals surface area contributed by atoms with Crippen LogP contribution in [-0.2, 0) is 6.54 Å². The van der Waals surface area contributed by atoms with Crippen LogP contribution >= 0.6 is 0 Å². The van der Waals surface area contributed by atoms with E-state index in [1.165, 1.54) is 12.3 Å². The maximum Gasteiger partial charge on any atom is 0.222 e. The zero-order valence-electron chi connectivity index (χ0n) is 17.7. The quantitative estimate of drug-likeness (QED) is 0.649. The molecule has 0 unspecified atom stereocenters. The Morgan fingerprint density at radius 2 is 1.93 bits per heavy atom. The van der Waals surface area contributed by atoms with Crippen molar-refractivity contribution in [2.24, 2.45) is 0 Å². The van der Waals surface area contributed by atoms with Gasteiger partial charge in [-0.2, -0.15) is 9.37 Å². The van der Waals surface area contributed by atoms with Gasteiger partial charge in [-0.05, 0) is 54.7 Å². The van der Waals surface area contributed by atoms with Gasteiger partial charge in [0.1, 0.15) is 18.2 Å². The van der Waals surface area contributed by atoms with E-state index >= 15 is 0 Å². The number of aryl methyl sites for hydroxylation is 2. The first-order valence-electron chi connectivity index (χ1n) is 10.1. The fraction of sp³-hybridized carbons (Fsp3) is 0.348. The Hall–Kier alpha value is -3.22. The maximum atomic E-state index is 13.7. The third-order valence-electron chi connectivity index (χ3n) is 5.39. The predicted molar refractivity (Wildman–Crippen MR) is 116 cm³/mol. The van der Waals surface area contributed by atoms with E-state index in [4.69, 9.17) is 10.5 Å². The van der Waals surface area contributed by atoms with Crippen LogP contribution in [0.2, 0.25) is 0 Å². The van der Waals surface area contributed by atoms with E-state index in [0.717, 1.165) is 45.1 Å². The number of rotatable bonds is 3. The lowest BCUT2D eigenvalue weighted by atomic mass is 9.98. The van der Waals surface area contributed by atoms with E-state index in [0.29, 0.717) is 19.7 Å². The summed E-state index contributed by atoms with van der Waals surface area (Å²) in [4.78, 5) is 14.8. The second-order valence-corrected chi connectivity index (χ2v) is 7.98. The van der Waals surface area contributed by atoms with Gasteiger partial charge in [0, 0.05) is 35.6 Å². The molecule has 0 saturated heterocycles. The first-order chi connectivity index (χ1) is 14.3. The van der Waals surface area contributed by atoms with E-state index in [-0.39, 0.29) is 11.9 Å². The van der Waals surface area contributed by atoms with Gasteiger partial charge in [-0.3, -0.25) is 0 Å². The van der Waals surface area contributed by atoms with E-state index in [2.05, 4.69) is 39.8 Å². The van der Waals surface area contributed by atoms with Gasteiger partial charge in [-0.15, -0.1) is 0 Å². The molecule has 2 aromatic heterocycles. The normalized spacial score (nSPS) is 13.7. The number of fused-ring (bicyclic) bond motifs is 1. The van der Waals surface area contributed by atoms with Gasteiger partial charge in [0.05, 0.1) is 6.54 Å². The van der Waals surface area contributed by atoms with Gasteiger partial charge in [-0.25, -0.2) is 9.97 Å². The first-order valence-corrected chi connectivity index (χ1v) is 10.1. The molecule has 6 nitrogen and oxygen atoms in total. The summed E-state index contributed by atoms with van der Waals surface area (Å²) in [6.45, 7) is 10.1. The molecular weight excluding hydrogens is 381 g/mol. The molecule has 0 fully saturated rings. The van der Waals surface area contributed by atoms with Crippen molar-refractivity contribution in [2.45, 2.75) is 40.2 Å². The highest BCUT2D eigenvalue weighted by molar-refractivity contribution is 5.68. The third-order valence-corrected chi connectivity index (χ3v) is 5.39. The molecule has 1 aliphatic heterocycles. The number of pyridine rings is 1. The van der Waals surface area contributed by atoms with Crippen LogP contribution in [0.4, 0.5) is 16.2 Å². The molecule has 0 aliphatic carbocycles. The van der Waals surface area contributed by atoms with E-state index in [9.17, 15) is 4.39 Å². The summed E-state index contributed by atoms with van der Waals surface area (Å²) in [6.07, 6.45) is 1.48. The smallest absolute Gasteiger partial charge is 0.222 e. The molecule has 4 rings (SSSR count). The van der Waals surface area contributed by atoms with Crippen LogP contribution in [0.25, 0.3) is 11.1 Å². The van der Waals surface area contributed by atoms with Gasteiger partial charge < -0.3 is 15.4 Å². The van der Waals surface area contributed by atoms with Crippen molar-refractivity contribution < 1.29 is 9.13 Å². The molecule has 0 atom stereocenters. The number of hydrogen-bond donors (Lipinski definition) is 1. The van der Waals surface area contributed by atoms with Gasteiger partial charge >= 0.3 is 0 Å². The third kappa shape index (κ3) is 3.79. The predicted octanol–water partition coefficient (Wildman–Crippen LogP) is 4.40. The van der Waals surface area contributed by atoms with Gasteiger partial charge in [0.2, 0.25) is 11.9 Å². The van der Waals surface area contributed by atoms with Crippen LogP contribution in [0.5, 0.6) is 5.75 Å². The summed E-state index contributed by atoms with van der Waals surface area (Å²) in [5, 5.41) is 0. The number of halogens is 1. The van der Waals surface area contributed by atoms with Gasteiger partial charge in [0.15, 0.2) is 0 Å². The van der Waals surface area contributed by atoms with E-state index < -0.39 is 5.95 Å². The largest absolute Gasteiger partial charge is 0.491 e. The standard InChI is InChI=1S/C23H26FN5O/c1-13(2)20-15(4)27-23(25)28-22(20)29-7-8-30-21-14(3)9-17(10-18(21)12-29)16-5-6-26-19(24)11-16/h5-6,9-11,13H,7-8,12H2,1-4H3,(H2,25,27,28). The second kappa shape index (κ2) is 7.89. The van der Waals surface area contributed by atoms with Gasteiger partial charge in [0.25, 0.3) is 0 Å². The number of ether oxygens (including phenoxy) is 1. The Morgan fingerprint density at radius 3 is 2.67 bits per heavy atom. The Kier molecular flexibility index (Phi) is 5.28. The van der Waals surface area contributed by atoms with Crippen LogP contribution < -0.4 is 15.4 Å². The van der Waals surface area contributed by atoms with Crippen LogP contribution in [0.1, 0.15) is 42.1 Å². The molecule has 0 amide bonds. The summed E-state index contributed by atoms with van der Waals surface area (Å²) in [6, 6.07) is 7.34. The highest BCUT2D eigenvalue weighted by Gasteiger charge is 2.24. The topological polar surface area (TPSA) is 77.2 Å². The number of nitrogens with two attached hydrogens (primary N) is 1. The van der Waals surface area contributed by atoms with Crippen LogP contribution in [0.15, 0.2) is 30.5 Å². The average Bonchev–Trinajstić information content (AvgIpc) is 2.90. The lowest BCUT2D eigenvalue weighted by Gasteiger charge is -2.26. The second-order valence-electron chi connectivity index (χ2n) is 7.98. The summed E-state index contributed by atoms with van der Waals surface area (Å²) in [5.74, 6) is 1.77. The minimum Gasteiger partial charge on any atom is -0.491 e. The molecule has 7 heteroatoms. The maximum absolute atomic E-state index is 13.7. The van der Waals surface area contributed by atoms with Crippen molar-refractivity contribution in [3.05, 3.63) is 58.8 Å². The lowest BCUT2D eigenvalue weighted by Crippen LogP contribution is -2.28.